The zero-order valence-electron chi connectivity index (χ0n) is 14.3. The molecule has 3 aliphatic rings. The van der Waals surface area contributed by atoms with Gasteiger partial charge in [-0.1, -0.05) is 6.92 Å². The average Bonchev–Trinajstić information content (AvgIpc) is 3.40. The van der Waals surface area contributed by atoms with Crippen LogP contribution in [0.15, 0.2) is 27.7 Å². The highest BCUT2D eigenvalue weighted by Gasteiger charge is 2.69. The number of hydrogen-bond acceptors (Lipinski definition) is 2. The lowest BCUT2D eigenvalue weighted by molar-refractivity contribution is 0.0911. The molecule has 2 aliphatic carbocycles. The van der Waals surface area contributed by atoms with Crippen molar-refractivity contribution in [2.45, 2.75) is 38.3 Å². The van der Waals surface area contributed by atoms with E-state index in [9.17, 15) is 9.59 Å². The number of halogens is 1. The van der Waals surface area contributed by atoms with E-state index in [0.29, 0.717) is 23.6 Å². The van der Waals surface area contributed by atoms with E-state index in [1.165, 1.54) is 6.42 Å². The van der Waals surface area contributed by atoms with Gasteiger partial charge in [0.25, 0.3) is 5.91 Å². The lowest BCUT2D eigenvalue weighted by atomic mass is 9.84. The molecule has 1 aliphatic heterocycles. The fraction of sp³-hybridized carbons (Fsp3) is 0.556. The summed E-state index contributed by atoms with van der Waals surface area (Å²) in [7, 11) is 1.80. The van der Waals surface area contributed by atoms with Crippen LogP contribution in [0.2, 0.25) is 0 Å². The maximum absolute atomic E-state index is 12.7. The molecule has 132 valence electrons. The number of fused-ring (bicyclic) bond motifs is 3. The van der Waals surface area contributed by atoms with Crippen molar-refractivity contribution >= 4 is 21.8 Å². The second-order valence-corrected chi connectivity index (χ2v) is 8.73. The zero-order valence-corrected chi connectivity index (χ0v) is 15.8. The van der Waals surface area contributed by atoms with Crippen LogP contribution in [0.3, 0.4) is 0 Å². The van der Waals surface area contributed by atoms with Gasteiger partial charge in [0.2, 0.25) is 0 Å². The van der Waals surface area contributed by atoms with E-state index in [2.05, 4.69) is 37.7 Å². The molecule has 2 aromatic heterocycles. The molecule has 3 unspecified atom stereocenters. The van der Waals surface area contributed by atoms with Crippen LogP contribution in [0, 0.1) is 17.3 Å². The summed E-state index contributed by atoms with van der Waals surface area (Å²) in [6.45, 7) is 2.32. The predicted octanol–water partition coefficient (Wildman–Crippen LogP) is 2.22. The Morgan fingerprint density at radius 2 is 2.12 bits per heavy atom. The van der Waals surface area contributed by atoms with Crippen LogP contribution < -0.4 is 11.0 Å². The second-order valence-electron chi connectivity index (χ2n) is 7.92. The first-order valence-corrected chi connectivity index (χ1v) is 9.63. The third-order valence-electron chi connectivity index (χ3n) is 6.75. The zero-order chi connectivity index (χ0) is 17.5. The third kappa shape index (κ3) is 2.02. The summed E-state index contributed by atoms with van der Waals surface area (Å²) in [6, 6.07) is 4.32. The molecule has 0 radical (unpaired) electrons. The molecule has 2 aromatic rings. The Kier molecular flexibility index (Phi) is 3.04. The Labute approximate surface area is 153 Å². The highest BCUT2D eigenvalue weighted by atomic mass is 79.9. The molecule has 0 saturated heterocycles. The number of aromatic amines is 1. The van der Waals surface area contributed by atoms with Gasteiger partial charge in [-0.25, -0.2) is 4.79 Å². The van der Waals surface area contributed by atoms with E-state index in [-0.39, 0.29) is 23.1 Å². The van der Waals surface area contributed by atoms with Crippen molar-refractivity contribution < 1.29 is 4.79 Å². The van der Waals surface area contributed by atoms with E-state index in [4.69, 9.17) is 0 Å². The van der Waals surface area contributed by atoms with Crippen molar-refractivity contribution in [3.8, 4) is 0 Å². The van der Waals surface area contributed by atoms with Gasteiger partial charge in [-0.2, -0.15) is 0 Å². The first-order chi connectivity index (χ1) is 11.9. The van der Waals surface area contributed by atoms with E-state index >= 15 is 0 Å². The maximum Gasteiger partial charge on any atom is 0.325 e. The van der Waals surface area contributed by atoms with Crippen LogP contribution in [0.4, 0.5) is 0 Å². The molecule has 0 bridgehead atoms. The summed E-state index contributed by atoms with van der Waals surface area (Å²) < 4.78 is 4.77. The van der Waals surface area contributed by atoms with Crippen molar-refractivity contribution in [1.82, 2.24) is 19.4 Å². The van der Waals surface area contributed by atoms with Crippen LogP contribution in [0.25, 0.3) is 0 Å². The van der Waals surface area contributed by atoms with Crippen molar-refractivity contribution in [2.75, 3.05) is 0 Å². The van der Waals surface area contributed by atoms with Crippen molar-refractivity contribution in [2.24, 2.45) is 24.3 Å². The lowest BCUT2D eigenvalue weighted by Gasteiger charge is -2.34. The number of imidazole rings is 1. The molecule has 5 rings (SSSR count). The summed E-state index contributed by atoms with van der Waals surface area (Å²) in [6.07, 6.45) is 4.80. The van der Waals surface area contributed by atoms with Gasteiger partial charge in [-0.15, -0.1) is 0 Å². The highest BCUT2D eigenvalue weighted by Crippen LogP contribution is 2.71. The number of H-pyrrole nitrogens is 1. The van der Waals surface area contributed by atoms with Gasteiger partial charge < -0.3 is 14.9 Å². The van der Waals surface area contributed by atoms with Gasteiger partial charge in [0.1, 0.15) is 5.69 Å². The minimum absolute atomic E-state index is 0.00862. The van der Waals surface area contributed by atoms with Crippen LogP contribution in [-0.2, 0) is 13.5 Å². The molecule has 1 spiro atoms. The Hall–Kier alpha value is -1.76. The molecule has 2 fully saturated rings. The number of carbonyl (C=O) groups is 1. The topological polar surface area (TPSA) is 71.8 Å². The van der Waals surface area contributed by atoms with Crippen molar-refractivity contribution in [1.29, 1.82) is 0 Å². The molecule has 6 nitrogen and oxygen atoms in total. The van der Waals surface area contributed by atoms with Crippen LogP contribution in [-0.4, -0.2) is 26.1 Å². The highest BCUT2D eigenvalue weighted by molar-refractivity contribution is 9.10. The van der Waals surface area contributed by atoms with E-state index in [0.717, 1.165) is 23.1 Å². The average molecular weight is 405 g/mol. The molecular formula is C18H21BrN4O2. The summed E-state index contributed by atoms with van der Waals surface area (Å²) >= 11 is 3.66. The first-order valence-electron chi connectivity index (χ1n) is 8.84. The lowest BCUT2D eigenvalue weighted by Crippen LogP contribution is -2.39. The second kappa shape index (κ2) is 4.90. The number of aromatic nitrogens is 3. The summed E-state index contributed by atoms with van der Waals surface area (Å²) in [5.74, 6) is 1.17. The molecule has 7 heteroatoms. The minimum Gasteiger partial charge on any atom is -0.348 e. The number of carbonyl (C=O) groups excluding carboxylic acids is 1. The number of nitrogens with zero attached hydrogens (tertiary/aromatic N) is 2. The van der Waals surface area contributed by atoms with Crippen molar-refractivity contribution in [3.63, 3.8) is 0 Å². The molecule has 2 N–H and O–H groups in total. The van der Waals surface area contributed by atoms with Crippen LogP contribution >= 0.6 is 15.9 Å². The van der Waals surface area contributed by atoms with Gasteiger partial charge in [-0.3, -0.25) is 9.36 Å². The first kappa shape index (κ1) is 15.5. The smallest absolute Gasteiger partial charge is 0.325 e. The fourth-order valence-corrected chi connectivity index (χ4v) is 5.77. The normalized spacial score (nSPS) is 35.6. The van der Waals surface area contributed by atoms with E-state index in [1.54, 1.807) is 11.6 Å². The Morgan fingerprint density at radius 1 is 1.36 bits per heavy atom. The summed E-state index contributed by atoms with van der Waals surface area (Å²) in [5.41, 5.74) is 1.80. The Bertz CT molecular complexity index is 941. The minimum atomic E-state index is -0.0902. The molecule has 5 atom stereocenters. The predicted molar refractivity (Wildman–Crippen MR) is 96.5 cm³/mol. The van der Waals surface area contributed by atoms with E-state index < -0.39 is 0 Å². The van der Waals surface area contributed by atoms with Gasteiger partial charge in [0, 0.05) is 37.4 Å². The quantitative estimate of drug-likeness (QED) is 0.805. The molecule has 1 amide bonds. The fourth-order valence-electron chi connectivity index (χ4n) is 5.20. The third-order valence-corrected chi connectivity index (χ3v) is 7.39. The van der Waals surface area contributed by atoms with E-state index in [1.807, 2.05) is 18.3 Å². The number of rotatable bonds is 2. The summed E-state index contributed by atoms with van der Waals surface area (Å²) in [4.78, 5) is 27.3. The molecule has 25 heavy (non-hydrogen) atoms. The molecular weight excluding hydrogens is 384 g/mol. The molecule has 3 heterocycles. The molecule has 0 aromatic carbocycles. The number of nitrogens with one attached hydrogen (secondary N) is 2. The SMILES string of the molecule is C[C@H]1CC12C1CC1NC(=O)c1ccc(Br)n1[C@@H]2Cc1c[nH]c(=O)n1C. The standard InChI is InChI=1S/C18H21BrN4O2/c1-9-7-18(9)11-6-12(11)21-16(24)13-3-4-15(19)23(13)14(18)5-10-8-20-17(25)22(10)2/h3-4,8-9,11-12,14H,5-7H2,1-2H3,(H,20,25)(H,21,24)/t9-,11?,12?,14+,18?/m0/s1. The van der Waals surface area contributed by atoms with Gasteiger partial charge >= 0.3 is 5.69 Å². The maximum atomic E-state index is 12.7. The van der Waals surface area contributed by atoms with Crippen LogP contribution in [0.1, 0.15) is 42.0 Å². The summed E-state index contributed by atoms with van der Waals surface area (Å²) in [5, 5.41) is 3.20. The Balaban J connectivity index is 1.67. The largest absolute Gasteiger partial charge is 0.348 e. The molecule has 2 saturated carbocycles. The number of hydrogen-bond donors (Lipinski definition) is 2. The Morgan fingerprint density at radius 3 is 2.76 bits per heavy atom. The van der Waals surface area contributed by atoms with Gasteiger partial charge in [0.05, 0.1) is 4.60 Å². The van der Waals surface area contributed by atoms with Gasteiger partial charge in [-0.05, 0) is 58.2 Å². The van der Waals surface area contributed by atoms with Crippen LogP contribution in [0.5, 0.6) is 0 Å². The van der Waals surface area contributed by atoms with Gasteiger partial charge in [0.15, 0.2) is 0 Å². The van der Waals surface area contributed by atoms with Crippen molar-refractivity contribution in [3.05, 3.63) is 44.8 Å². The number of amides is 1. The monoisotopic (exact) mass is 404 g/mol.